The molecule has 6 nitrogen and oxygen atoms in total. The minimum absolute atomic E-state index is 0.285. The number of imide groups is 1. The molecule has 0 aromatic heterocycles. The van der Waals surface area contributed by atoms with Gasteiger partial charge in [0.15, 0.2) is 5.54 Å². The zero-order valence-electron chi connectivity index (χ0n) is 17.4. The lowest BCUT2D eigenvalue weighted by Gasteiger charge is -2.28. The van der Waals surface area contributed by atoms with Crippen molar-refractivity contribution in [3.8, 4) is 0 Å². The number of urea groups is 1. The van der Waals surface area contributed by atoms with Crippen LogP contribution in [0, 0.1) is 0 Å². The van der Waals surface area contributed by atoms with Gasteiger partial charge in [0, 0.05) is 19.5 Å². The Morgan fingerprint density at radius 2 is 1.67 bits per heavy atom. The topological polar surface area (TPSA) is 69.7 Å². The highest BCUT2D eigenvalue weighted by Crippen LogP contribution is 2.33. The van der Waals surface area contributed by atoms with Crippen LogP contribution >= 0.6 is 0 Å². The smallest absolute Gasteiger partial charge is 0.325 e. The van der Waals surface area contributed by atoms with Crippen LogP contribution in [0.1, 0.15) is 25.0 Å². The molecule has 1 heterocycles. The molecule has 4 amide bonds. The fraction of sp³-hybridized carbons (Fsp3) is 0.292. The molecule has 156 valence electrons. The number of rotatable bonds is 8. The van der Waals surface area contributed by atoms with Crippen molar-refractivity contribution >= 4 is 17.8 Å². The van der Waals surface area contributed by atoms with E-state index < -0.39 is 17.5 Å². The van der Waals surface area contributed by atoms with Crippen molar-refractivity contribution in [2.75, 3.05) is 19.6 Å². The molecule has 1 saturated heterocycles. The Morgan fingerprint density at radius 3 is 2.23 bits per heavy atom. The van der Waals surface area contributed by atoms with E-state index in [1.54, 1.807) is 4.90 Å². The molecular formula is C24H27N3O3. The molecule has 1 N–H and O–H groups in total. The van der Waals surface area contributed by atoms with E-state index in [-0.39, 0.29) is 12.5 Å². The molecule has 2 aromatic carbocycles. The predicted octanol–water partition coefficient (Wildman–Crippen LogP) is 3.10. The van der Waals surface area contributed by atoms with Crippen LogP contribution in [0.15, 0.2) is 72.8 Å². The van der Waals surface area contributed by atoms with E-state index in [4.69, 9.17) is 0 Å². The highest BCUT2D eigenvalue weighted by atomic mass is 16.2. The van der Waals surface area contributed by atoms with Crippen molar-refractivity contribution < 1.29 is 14.4 Å². The lowest BCUT2D eigenvalue weighted by atomic mass is 9.83. The number of nitrogens with one attached hydrogen (secondary N) is 1. The van der Waals surface area contributed by atoms with Gasteiger partial charge < -0.3 is 10.2 Å². The van der Waals surface area contributed by atoms with Gasteiger partial charge in [-0.25, -0.2) is 4.79 Å². The van der Waals surface area contributed by atoms with Crippen molar-refractivity contribution in [2.24, 2.45) is 0 Å². The monoisotopic (exact) mass is 405 g/mol. The first kappa shape index (κ1) is 21.3. The van der Waals surface area contributed by atoms with E-state index in [0.717, 1.165) is 16.0 Å². The Hall–Kier alpha value is -3.41. The van der Waals surface area contributed by atoms with Crippen molar-refractivity contribution in [3.63, 3.8) is 0 Å². The van der Waals surface area contributed by atoms with Gasteiger partial charge in [0.1, 0.15) is 6.54 Å². The van der Waals surface area contributed by atoms with Crippen molar-refractivity contribution in [1.82, 2.24) is 15.1 Å². The summed E-state index contributed by atoms with van der Waals surface area (Å²) in [7, 11) is 0. The number of carbonyl (C=O) groups excluding carboxylic acids is 3. The molecular weight excluding hydrogens is 378 g/mol. The van der Waals surface area contributed by atoms with Gasteiger partial charge in [0.05, 0.1) is 0 Å². The molecule has 6 heteroatoms. The van der Waals surface area contributed by atoms with Crippen molar-refractivity contribution in [1.29, 1.82) is 0 Å². The lowest BCUT2D eigenvalue weighted by Crippen LogP contribution is -2.47. The van der Waals surface area contributed by atoms with Crippen LogP contribution in [0.3, 0.4) is 0 Å². The van der Waals surface area contributed by atoms with Gasteiger partial charge in [-0.2, -0.15) is 0 Å². The summed E-state index contributed by atoms with van der Waals surface area (Å²) >= 11 is 0. The van der Waals surface area contributed by atoms with Gasteiger partial charge in [0.25, 0.3) is 5.91 Å². The van der Waals surface area contributed by atoms with E-state index in [0.29, 0.717) is 25.1 Å². The van der Waals surface area contributed by atoms with Gasteiger partial charge in [-0.1, -0.05) is 72.8 Å². The molecule has 0 saturated carbocycles. The zero-order chi connectivity index (χ0) is 21.7. The van der Waals surface area contributed by atoms with E-state index in [1.807, 2.05) is 74.5 Å². The second kappa shape index (κ2) is 8.95. The maximum atomic E-state index is 13.6. The third kappa shape index (κ3) is 4.27. The highest BCUT2D eigenvalue weighted by Gasteiger charge is 2.52. The Kier molecular flexibility index (Phi) is 6.35. The summed E-state index contributed by atoms with van der Waals surface area (Å²) in [6.07, 6.45) is 0.302. The summed E-state index contributed by atoms with van der Waals surface area (Å²) < 4.78 is 0. The maximum absolute atomic E-state index is 13.6. The SMILES string of the molecule is C=C(C)CN(CC)C(=O)CN1C(=O)N[C@](Cc2ccccc2)(c2ccccc2)C1=O. The van der Waals surface area contributed by atoms with Gasteiger partial charge in [-0.05, 0) is 25.0 Å². The summed E-state index contributed by atoms with van der Waals surface area (Å²) in [5.74, 6) is -0.699. The minimum atomic E-state index is -1.24. The van der Waals surface area contributed by atoms with Crippen LogP contribution < -0.4 is 5.32 Å². The van der Waals surface area contributed by atoms with Crippen LogP contribution in [0.4, 0.5) is 4.79 Å². The molecule has 0 spiro atoms. The number of benzene rings is 2. The first-order valence-electron chi connectivity index (χ1n) is 10.0. The standard InChI is InChI=1S/C24H27N3O3/c1-4-26(16-18(2)3)21(28)17-27-22(29)24(25-23(27)30,20-13-9-6-10-14-20)15-19-11-7-5-8-12-19/h5-14H,2,4,15-17H2,1,3H3,(H,25,30)/t24-/m1/s1. The summed E-state index contributed by atoms with van der Waals surface area (Å²) in [6.45, 7) is 8.11. The lowest BCUT2D eigenvalue weighted by molar-refractivity contribution is -0.138. The highest BCUT2D eigenvalue weighted by molar-refractivity contribution is 6.09. The Morgan fingerprint density at radius 1 is 1.07 bits per heavy atom. The molecule has 1 aliphatic rings. The number of hydrogen-bond donors (Lipinski definition) is 1. The van der Waals surface area contributed by atoms with Crippen molar-refractivity contribution in [2.45, 2.75) is 25.8 Å². The Labute approximate surface area is 177 Å². The van der Waals surface area contributed by atoms with Crippen LogP contribution in [0.2, 0.25) is 0 Å². The first-order chi connectivity index (χ1) is 14.4. The predicted molar refractivity (Wildman–Crippen MR) is 116 cm³/mol. The number of hydrogen-bond acceptors (Lipinski definition) is 3. The van der Waals surface area contributed by atoms with Crippen LogP contribution in [0.25, 0.3) is 0 Å². The van der Waals surface area contributed by atoms with Gasteiger partial charge >= 0.3 is 6.03 Å². The van der Waals surface area contributed by atoms with Gasteiger partial charge in [-0.3, -0.25) is 14.5 Å². The Balaban J connectivity index is 1.92. The average Bonchev–Trinajstić information content (AvgIpc) is 2.98. The fourth-order valence-corrected chi connectivity index (χ4v) is 3.75. The number of nitrogens with zero attached hydrogens (tertiary/aromatic N) is 2. The second-order valence-corrected chi connectivity index (χ2v) is 7.62. The van der Waals surface area contributed by atoms with Crippen LogP contribution in [0.5, 0.6) is 0 Å². The van der Waals surface area contributed by atoms with E-state index in [9.17, 15) is 14.4 Å². The largest absolute Gasteiger partial charge is 0.337 e. The molecule has 0 bridgehead atoms. The number of carbonyl (C=O) groups is 3. The van der Waals surface area contributed by atoms with Gasteiger partial charge in [0.2, 0.25) is 5.91 Å². The molecule has 0 unspecified atom stereocenters. The first-order valence-corrected chi connectivity index (χ1v) is 10.0. The normalized spacial score (nSPS) is 18.3. The second-order valence-electron chi connectivity index (χ2n) is 7.62. The quantitative estimate of drug-likeness (QED) is 0.542. The fourth-order valence-electron chi connectivity index (χ4n) is 3.75. The van der Waals surface area contributed by atoms with Gasteiger partial charge in [-0.15, -0.1) is 0 Å². The van der Waals surface area contributed by atoms with E-state index in [2.05, 4.69) is 11.9 Å². The molecule has 1 aliphatic heterocycles. The molecule has 0 aliphatic carbocycles. The molecule has 3 rings (SSSR count). The minimum Gasteiger partial charge on any atom is -0.337 e. The third-order valence-corrected chi connectivity index (χ3v) is 5.24. The molecule has 0 radical (unpaired) electrons. The number of amides is 4. The number of likely N-dealkylation sites (N-methyl/N-ethyl adjacent to an activating group) is 1. The summed E-state index contributed by atoms with van der Waals surface area (Å²) in [5.41, 5.74) is 1.20. The summed E-state index contributed by atoms with van der Waals surface area (Å²) in [6, 6.07) is 18.2. The molecule has 2 aromatic rings. The van der Waals surface area contributed by atoms with Crippen LogP contribution in [-0.2, 0) is 21.5 Å². The maximum Gasteiger partial charge on any atom is 0.325 e. The molecule has 1 fully saturated rings. The van der Waals surface area contributed by atoms with Crippen LogP contribution in [-0.4, -0.2) is 47.3 Å². The van der Waals surface area contributed by atoms with E-state index in [1.165, 1.54) is 0 Å². The molecule has 1 atom stereocenters. The van der Waals surface area contributed by atoms with Crippen molar-refractivity contribution in [3.05, 3.63) is 83.9 Å². The average molecular weight is 405 g/mol. The van der Waals surface area contributed by atoms with E-state index >= 15 is 0 Å². The Bertz CT molecular complexity index is 943. The zero-order valence-corrected chi connectivity index (χ0v) is 17.4. The molecule has 30 heavy (non-hydrogen) atoms. The summed E-state index contributed by atoms with van der Waals surface area (Å²) in [4.78, 5) is 41.8. The third-order valence-electron chi connectivity index (χ3n) is 5.24. The summed E-state index contributed by atoms with van der Waals surface area (Å²) in [5, 5.41) is 2.88.